The third-order valence-corrected chi connectivity index (χ3v) is 3.02. The van der Waals surface area contributed by atoms with Gasteiger partial charge < -0.3 is 5.32 Å². The molecule has 1 N–H and O–H groups in total. The van der Waals surface area contributed by atoms with Crippen LogP contribution in [0.15, 0.2) is 0 Å². The van der Waals surface area contributed by atoms with Crippen molar-refractivity contribution in [2.45, 2.75) is 59.9 Å². The van der Waals surface area contributed by atoms with Crippen molar-refractivity contribution in [1.29, 1.82) is 0 Å². The SMILES string of the molecule is CC.CC.CC1CC2CCC1CN2. The minimum atomic E-state index is 0.880. The molecule has 3 atom stereocenters. The van der Waals surface area contributed by atoms with E-state index in [9.17, 15) is 0 Å². The van der Waals surface area contributed by atoms with Gasteiger partial charge in [-0.25, -0.2) is 0 Å². The summed E-state index contributed by atoms with van der Waals surface area (Å²) in [6.07, 6.45) is 4.36. The van der Waals surface area contributed by atoms with Crippen LogP contribution in [0.1, 0.15) is 53.9 Å². The van der Waals surface area contributed by atoms with E-state index in [-0.39, 0.29) is 0 Å². The highest BCUT2D eigenvalue weighted by molar-refractivity contribution is 4.88. The van der Waals surface area contributed by atoms with Gasteiger partial charge in [-0.05, 0) is 37.6 Å². The maximum atomic E-state index is 3.55. The summed E-state index contributed by atoms with van der Waals surface area (Å²) in [7, 11) is 0. The van der Waals surface area contributed by atoms with Crippen molar-refractivity contribution in [1.82, 2.24) is 5.32 Å². The number of rotatable bonds is 0. The molecule has 1 heteroatoms. The molecule has 3 unspecified atom stereocenters. The molecule has 0 aromatic heterocycles. The van der Waals surface area contributed by atoms with Gasteiger partial charge in [0, 0.05) is 6.04 Å². The van der Waals surface area contributed by atoms with E-state index in [4.69, 9.17) is 0 Å². The van der Waals surface area contributed by atoms with Crippen LogP contribution in [0.3, 0.4) is 0 Å². The molecule has 2 aliphatic heterocycles. The summed E-state index contributed by atoms with van der Waals surface area (Å²) < 4.78 is 0. The second-order valence-electron chi connectivity index (χ2n) is 3.66. The number of hydrogen-bond acceptors (Lipinski definition) is 1. The first kappa shape index (κ1) is 13.0. The highest BCUT2D eigenvalue weighted by Crippen LogP contribution is 2.33. The summed E-state index contributed by atoms with van der Waals surface area (Å²) in [6.45, 7) is 11.7. The minimum absolute atomic E-state index is 0.880. The fourth-order valence-electron chi connectivity index (χ4n) is 2.27. The van der Waals surface area contributed by atoms with Crippen molar-refractivity contribution in [2.24, 2.45) is 11.8 Å². The first-order valence-corrected chi connectivity index (χ1v) is 6.09. The fraction of sp³-hybridized carbons (Fsp3) is 1.00. The summed E-state index contributed by atoms with van der Waals surface area (Å²) in [4.78, 5) is 0. The van der Waals surface area contributed by atoms with Crippen molar-refractivity contribution in [3.05, 3.63) is 0 Å². The van der Waals surface area contributed by atoms with E-state index in [2.05, 4.69) is 12.2 Å². The summed E-state index contributed by atoms with van der Waals surface area (Å²) >= 11 is 0. The highest BCUT2D eigenvalue weighted by atomic mass is 14.9. The molecule has 0 amide bonds. The lowest BCUT2D eigenvalue weighted by atomic mass is 9.74. The topological polar surface area (TPSA) is 12.0 Å². The van der Waals surface area contributed by atoms with Crippen LogP contribution in [0.5, 0.6) is 0 Å². The normalized spacial score (nSPS) is 35.3. The Morgan fingerprint density at radius 1 is 1.00 bits per heavy atom. The van der Waals surface area contributed by atoms with Crippen LogP contribution >= 0.6 is 0 Å². The molecule has 1 saturated carbocycles. The molecule has 1 nitrogen and oxygen atoms in total. The molecule has 2 bridgehead atoms. The zero-order valence-electron chi connectivity index (χ0n) is 10.1. The second kappa shape index (κ2) is 7.37. The lowest BCUT2D eigenvalue weighted by molar-refractivity contribution is 0.145. The molecule has 2 heterocycles. The highest BCUT2D eigenvalue weighted by Gasteiger charge is 2.31. The molecule has 80 valence electrons. The monoisotopic (exact) mass is 185 g/mol. The zero-order valence-corrected chi connectivity index (χ0v) is 10.1. The smallest absolute Gasteiger partial charge is 0.00699 e. The molecule has 3 rings (SSSR count). The number of fused-ring (bicyclic) bond motifs is 3. The van der Waals surface area contributed by atoms with Gasteiger partial charge in [-0.3, -0.25) is 0 Å². The van der Waals surface area contributed by atoms with Crippen LogP contribution in [0, 0.1) is 11.8 Å². The average Bonchev–Trinajstić information content (AvgIpc) is 2.25. The Morgan fingerprint density at radius 3 is 1.77 bits per heavy atom. The first-order chi connectivity index (χ1) is 6.36. The summed E-state index contributed by atoms with van der Waals surface area (Å²) in [6, 6.07) is 0.880. The molecule has 13 heavy (non-hydrogen) atoms. The van der Waals surface area contributed by atoms with Crippen molar-refractivity contribution in [3.63, 3.8) is 0 Å². The van der Waals surface area contributed by atoms with Gasteiger partial charge in [-0.15, -0.1) is 0 Å². The van der Waals surface area contributed by atoms with Crippen molar-refractivity contribution in [2.75, 3.05) is 6.54 Å². The molecule has 3 fully saturated rings. The van der Waals surface area contributed by atoms with Crippen LogP contribution in [0.2, 0.25) is 0 Å². The molecular formula is C12H27N. The van der Waals surface area contributed by atoms with Crippen LogP contribution in [0.25, 0.3) is 0 Å². The quantitative estimate of drug-likeness (QED) is 0.609. The largest absolute Gasteiger partial charge is 0.314 e. The molecule has 3 aliphatic rings. The Bertz CT molecular complexity index is 104. The standard InChI is InChI=1S/C8H15N.2C2H6/c1-6-4-8-3-2-7(6)5-9-8;2*1-2/h6-9H,2-5H2,1H3;2*1-2H3. The second-order valence-corrected chi connectivity index (χ2v) is 3.66. The first-order valence-electron chi connectivity index (χ1n) is 6.09. The number of piperidine rings is 2. The minimum Gasteiger partial charge on any atom is -0.314 e. The summed E-state index contributed by atoms with van der Waals surface area (Å²) in [5, 5.41) is 3.55. The van der Waals surface area contributed by atoms with Gasteiger partial charge >= 0.3 is 0 Å². The molecule has 0 aromatic rings. The van der Waals surface area contributed by atoms with Crippen molar-refractivity contribution < 1.29 is 0 Å². The Hall–Kier alpha value is -0.0400. The molecule has 0 aromatic carbocycles. The maximum Gasteiger partial charge on any atom is 0.00699 e. The van der Waals surface area contributed by atoms with Gasteiger partial charge in [0.05, 0.1) is 0 Å². The van der Waals surface area contributed by atoms with Crippen LogP contribution in [-0.4, -0.2) is 12.6 Å². The van der Waals surface area contributed by atoms with E-state index in [0.717, 1.165) is 17.9 Å². The zero-order chi connectivity index (χ0) is 10.3. The fourth-order valence-corrected chi connectivity index (χ4v) is 2.27. The summed E-state index contributed by atoms with van der Waals surface area (Å²) in [5.41, 5.74) is 0. The third-order valence-electron chi connectivity index (χ3n) is 3.02. The lowest BCUT2D eigenvalue weighted by Crippen LogP contribution is -2.48. The predicted molar refractivity (Wildman–Crippen MR) is 61.0 cm³/mol. The van der Waals surface area contributed by atoms with Gasteiger partial charge in [0.15, 0.2) is 0 Å². The van der Waals surface area contributed by atoms with E-state index in [1.165, 1.54) is 25.8 Å². The van der Waals surface area contributed by atoms with Crippen molar-refractivity contribution in [3.8, 4) is 0 Å². The number of nitrogens with one attached hydrogen (secondary N) is 1. The average molecular weight is 185 g/mol. The van der Waals surface area contributed by atoms with Gasteiger partial charge in [0.2, 0.25) is 0 Å². The van der Waals surface area contributed by atoms with Gasteiger partial charge in [-0.2, -0.15) is 0 Å². The van der Waals surface area contributed by atoms with Crippen LogP contribution in [-0.2, 0) is 0 Å². The van der Waals surface area contributed by atoms with E-state index in [0.29, 0.717) is 0 Å². The van der Waals surface area contributed by atoms with E-state index < -0.39 is 0 Å². The van der Waals surface area contributed by atoms with E-state index >= 15 is 0 Å². The Morgan fingerprint density at radius 2 is 1.62 bits per heavy atom. The van der Waals surface area contributed by atoms with Crippen LogP contribution in [0.4, 0.5) is 0 Å². The number of hydrogen-bond donors (Lipinski definition) is 1. The van der Waals surface area contributed by atoms with Gasteiger partial charge in [0.25, 0.3) is 0 Å². The molecule has 1 aliphatic carbocycles. The summed E-state index contributed by atoms with van der Waals surface area (Å²) in [5.74, 6) is 2.01. The molecule has 2 saturated heterocycles. The van der Waals surface area contributed by atoms with Gasteiger partial charge in [-0.1, -0.05) is 34.6 Å². The predicted octanol–water partition coefficient (Wildman–Crippen LogP) is 3.45. The molecule has 0 spiro atoms. The third kappa shape index (κ3) is 3.68. The molecular weight excluding hydrogens is 158 g/mol. The Labute approximate surface area is 84.3 Å². The van der Waals surface area contributed by atoms with Gasteiger partial charge in [0.1, 0.15) is 0 Å². The Balaban J connectivity index is 0.000000322. The van der Waals surface area contributed by atoms with E-state index in [1.807, 2.05) is 27.7 Å². The van der Waals surface area contributed by atoms with Crippen LogP contribution < -0.4 is 5.32 Å². The molecule has 0 radical (unpaired) electrons. The lowest BCUT2D eigenvalue weighted by Gasteiger charge is -2.41. The van der Waals surface area contributed by atoms with Crippen molar-refractivity contribution >= 4 is 0 Å². The Kier molecular flexibility index (Phi) is 7.35. The van der Waals surface area contributed by atoms with E-state index in [1.54, 1.807) is 0 Å². The maximum absolute atomic E-state index is 3.55.